The maximum Gasteiger partial charge on any atom is 0.299 e. The molecule has 0 aliphatic carbocycles. The Labute approximate surface area is 53.4 Å². The van der Waals surface area contributed by atoms with Crippen molar-refractivity contribution in [2.45, 2.75) is 6.82 Å². The maximum atomic E-state index is 2.00. The van der Waals surface area contributed by atoms with E-state index in [1.165, 1.54) is 0 Å². The third kappa shape index (κ3) is 4.22. The third-order valence-corrected chi connectivity index (χ3v) is 0.820. The standard InChI is InChI=1S/C4H12B2N2/c1-5-8(4)6-7(2)3/h1-4H3. The van der Waals surface area contributed by atoms with Gasteiger partial charge in [0.05, 0.1) is 0 Å². The van der Waals surface area contributed by atoms with Crippen LogP contribution in [0.5, 0.6) is 0 Å². The van der Waals surface area contributed by atoms with E-state index in [4.69, 9.17) is 0 Å². The van der Waals surface area contributed by atoms with Crippen LogP contribution in [0.15, 0.2) is 0 Å². The Hall–Kier alpha value is 0.0499. The molecule has 0 bridgehead atoms. The molecule has 0 saturated heterocycles. The van der Waals surface area contributed by atoms with Crippen molar-refractivity contribution < 1.29 is 0 Å². The van der Waals surface area contributed by atoms with Gasteiger partial charge in [0, 0.05) is 0 Å². The lowest BCUT2D eigenvalue weighted by molar-refractivity contribution is 0.608. The first-order valence-corrected chi connectivity index (χ1v) is 2.69. The van der Waals surface area contributed by atoms with E-state index in [2.05, 4.69) is 0 Å². The molecule has 0 heterocycles. The van der Waals surface area contributed by atoms with Crippen LogP contribution >= 0.6 is 0 Å². The van der Waals surface area contributed by atoms with Gasteiger partial charge in [0.2, 0.25) is 0 Å². The van der Waals surface area contributed by atoms with E-state index in [1.807, 2.05) is 52.5 Å². The second-order valence-electron chi connectivity index (χ2n) is 2.00. The third-order valence-electron chi connectivity index (χ3n) is 0.820. The van der Waals surface area contributed by atoms with Gasteiger partial charge in [-0.1, -0.05) is 6.82 Å². The molecule has 0 saturated carbocycles. The fourth-order valence-electron chi connectivity index (χ4n) is 0.431. The zero-order valence-electron chi connectivity index (χ0n) is 6.05. The summed E-state index contributed by atoms with van der Waals surface area (Å²) in [4.78, 5) is 2.00. The highest BCUT2D eigenvalue weighted by molar-refractivity contribution is 6.47. The average Bonchev–Trinajstić information content (AvgIpc) is 1.65. The summed E-state index contributed by atoms with van der Waals surface area (Å²) in [7, 11) is 10.0. The van der Waals surface area contributed by atoms with Crippen LogP contribution in [-0.4, -0.2) is 45.6 Å². The van der Waals surface area contributed by atoms with Gasteiger partial charge in [-0.3, -0.25) is 0 Å². The molecule has 0 atom stereocenters. The topological polar surface area (TPSA) is 6.48 Å². The lowest BCUT2D eigenvalue weighted by Gasteiger charge is -2.15. The van der Waals surface area contributed by atoms with Crippen molar-refractivity contribution in [2.24, 2.45) is 0 Å². The summed E-state index contributed by atoms with van der Waals surface area (Å²) in [5.41, 5.74) is 0. The molecule has 0 aromatic rings. The molecule has 4 heteroatoms. The first-order valence-electron chi connectivity index (χ1n) is 2.69. The number of nitrogens with zero attached hydrogens (tertiary/aromatic N) is 2. The van der Waals surface area contributed by atoms with Crippen LogP contribution in [0.2, 0.25) is 6.82 Å². The monoisotopic (exact) mass is 110 g/mol. The van der Waals surface area contributed by atoms with Crippen LogP contribution in [-0.2, 0) is 0 Å². The number of hydrogen-bond acceptors (Lipinski definition) is 2. The van der Waals surface area contributed by atoms with Gasteiger partial charge < -0.3 is 9.53 Å². The van der Waals surface area contributed by atoms with Gasteiger partial charge in [-0.2, -0.15) is 0 Å². The molecular formula is C4H12B2N2. The molecule has 8 heavy (non-hydrogen) atoms. The fourth-order valence-corrected chi connectivity index (χ4v) is 0.431. The minimum atomic E-state index is 2.00. The Bertz CT molecular complexity index is 58.0. The summed E-state index contributed by atoms with van der Waals surface area (Å²) in [6.45, 7) is 2.00. The second kappa shape index (κ2) is 3.98. The molecule has 0 rings (SSSR count). The highest BCUT2D eigenvalue weighted by atomic mass is 15.1. The van der Waals surface area contributed by atoms with Gasteiger partial charge in [-0.05, 0) is 21.1 Å². The fraction of sp³-hybridized carbons (Fsp3) is 1.00. The maximum absolute atomic E-state index is 2.00. The lowest BCUT2D eigenvalue weighted by atomic mass is 9.87. The molecular weight excluding hydrogens is 97.7 g/mol. The van der Waals surface area contributed by atoms with Crippen LogP contribution < -0.4 is 0 Å². The normalized spacial score (nSPS) is 10.2. The summed E-state index contributed by atoms with van der Waals surface area (Å²) in [5.74, 6) is 0. The average molecular weight is 110 g/mol. The van der Waals surface area contributed by atoms with Crippen molar-refractivity contribution in [1.29, 1.82) is 0 Å². The molecule has 0 unspecified atom stereocenters. The van der Waals surface area contributed by atoms with Crippen LogP contribution in [0.4, 0.5) is 0 Å². The second-order valence-corrected chi connectivity index (χ2v) is 2.00. The number of rotatable bonds is 3. The summed E-state index contributed by atoms with van der Waals surface area (Å²) in [6, 6.07) is 0. The van der Waals surface area contributed by atoms with Gasteiger partial charge in [0.15, 0.2) is 7.41 Å². The van der Waals surface area contributed by atoms with Crippen LogP contribution in [0.25, 0.3) is 0 Å². The van der Waals surface area contributed by atoms with E-state index in [0.29, 0.717) is 0 Å². The van der Waals surface area contributed by atoms with Crippen molar-refractivity contribution in [1.82, 2.24) is 9.53 Å². The SMILES string of the molecule is C[B]N(C)[B]N(C)C. The minimum absolute atomic E-state index is 2.00. The van der Waals surface area contributed by atoms with Gasteiger partial charge >= 0.3 is 0 Å². The zero-order valence-corrected chi connectivity index (χ0v) is 6.05. The van der Waals surface area contributed by atoms with Gasteiger partial charge in [0.25, 0.3) is 7.55 Å². The highest BCUT2D eigenvalue weighted by Gasteiger charge is 1.98. The molecule has 0 spiro atoms. The van der Waals surface area contributed by atoms with Crippen molar-refractivity contribution in [3.8, 4) is 0 Å². The molecule has 44 valence electrons. The van der Waals surface area contributed by atoms with E-state index in [0.717, 1.165) is 0 Å². The predicted octanol–water partition coefficient (Wildman–Crippen LogP) is -0.319. The van der Waals surface area contributed by atoms with Gasteiger partial charge in [0.1, 0.15) is 0 Å². The van der Waals surface area contributed by atoms with E-state index in [1.54, 1.807) is 0 Å². The molecule has 0 fully saturated rings. The first kappa shape index (κ1) is 8.05. The molecule has 0 aliphatic rings. The minimum Gasteiger partial charge on any atom is -0.381 e. The summed E-state index contributed by atoms with van der Waals surface area (Å²) < 4.78 is 2.00. The van der Waals surface area contributed by atoms with E-state index in [9.17, 15) is 0 Å². The molecule has 2 radical (unpaired) electrons. The first-order chi connectivity index (χ1) is 3.66. The van der Waals surface area contributed by atoms with Crippen molar-refractivity contribution in [2.75, 3.05) is 21.1 Å². The smallest absolute Gasteiger partial charge is 0.299 e. The number of hydrogen-bond donors (Lipinski definition) is 0. The Kier molecular flexibility index (Phi) is 4.01. The molecule has 0 aromatic carbocycles. The summed E-state index contributed by atoms with van der Waals surface area (Å²) >= 11 is 0. The Morgan fingerprint density at radius 3 is 1.75 bits per heavy atom. The molecule has 2 nitrogen and oxygen atoms in total. The molecule has 0 aliphatic heterocycles. The summed E-state index contributed by atoms with van der Waals surface area (Å²) in [5, 5.41) is 0. The highest BCUT2D eigenvalue weighted by Crippen LogP contribution is 1.75. The predicted molar refractivity (Wildman–Crippen MR) is 38.8 cm³/mol. The van der Waals surface area contributed by atoms with Crippen molar-refractivity contribution >= 4 is 15.0 Å². The molecule has 0 N–H and O–H groups in total. The molecule has 0 aromatic heterocycles. The van der Waals surface area contributed by atoms with Gasteiger partial charge in [-0.15, -0.1) is 0 Å². The van der Waals surface area contributed by atoms with Gasteiger partial charge in [-0.25, -0.2) is 0 Å². The largest absolute Gasteiger partial charge is 0.381 e. The van der Waals surface area contributed by atoms with Crippen molar-refractivity contribution in [3.05, 3.63) is 0 Å². The van der Waals surface area contributed by atoms with Crippen LogP contribution in [0.1, 0.15) is 0 Å². The quantitative estimate of drug-likeness (QED) is 0.459. The lowest BCUT2D eigenvalue weighted by Crippen LogP contribution is -2.35. The Balaban J connectivity index is 3.10. The van der Waals surface area contributed by atoms with E-state index < -0.39 is 0 Å². The molecule has 0 amide bonds. The summed E-state index contributed by atoms with van der Waals surface area (Å²) in [6.07, 6.45) is 0. The van der Waals surface area contributed by atoms with E-state index in [-0.39, 0.29) is 0 Å². The van der Waals surface area contributed by atoms with Crippen LogP contribution in [0.3, 0.4) is 0 Å². The van der Waals surface area contributed by atoms with E-state index >= 15 is 0 Å². The Morgan fingerprint density at radius 2 is 1.62 bits per heavy atom. The van der Waals surface area contributed by atoms with Crippen LogP contribution in [0, 0.1) is 0 Å². The van der Waals surface area contributed by atoms with Crippen molar-refractivity contribution in [3.63, 3.8) is 0 Å². The zero-order chi connectivity index (χ0) is 6.57. The Morgan fingerprint density at radius 1 is 1.12 bits per heavy atom.